The van der Waals surface area contributed by atoms with Gasteiger partial charge in [0.15, 0.2) is 5.16 Å². The van der Waals surface area contributed by atoms with E-state index in [4.69, 9.17) is 5.11 Å². The van der Waals surface area contributed by atoms with Crippen molar-refractivity contribution in [2.75, 3.05) is 5.75 Å². The van der Waals surface area contributed by atoms with E-state index in [-0.39, 0.29) is 11.2 Å². The van der Waals surface area contributed by atoms with Crippen molar-refractivity contribution < 1.29 is 9.90 Å². The second-order valence-electron chi connectivity index (χ2n) is 5.91. The van der Waals surface area contributed by atoms with E-state index in [0.717, 1.165) is 17.6 Å². The molecule has 18 heavy (non-hydrogen) atoms. The standard InChI is InChI=1S/C13H20N2O2S/c1-13(2,3)10-6-14-12(18-8-11(16)17)15(10)7-9-4-5-9/h6,9H,4-5,7-8H2,1-3H3,(H,16,17). The Hall–Kier alpha value is -0.970. The van der Waals surface area contributed by atoms with E-state index >= 15 is 0 Å². The van der Waals surface area contributed by atoms with Crippen LogP contribution in [0.3, 0.4) is 0 Å². The largest absolute Gasteiger partial charge is 0.481 e. The van der Waals surface area contributed by atoms with Gasteiger partial charge >= 0.3 is 5.97 Å². The van der Waals surface area contributed by atoms with Crippen molar-refractivity contribution in [3.05, 3.63) is 11.9 Å². The third-order valence-corrected chi connectivity index (χ3v) is 4.03. The molecular formula is C13H20N2O2S. The lowest BCUT2D eigenvalue weighted by atomic mass is 9.92. The molecule has 1 aliphatic carbocycles. The summed E-state index contributed by atoms with van der Waals surface area (Å²) in [6.07, 6.45) is 4.46. The molecule has 1 heterocycles. The van der Waals surface area contributed by atoms with E-state index in [1.54, 1.807) is 0 Å². The van der Waals surface area contributed by atoms with Crippen molar-refractivity contribution >= 4 is 17.7 Å². The molecule has 0 saturated heterocycles. The number of carbonyl (C=O) groups is 1. The molecule has 1 N–H and O–H groups in total. The summed E-state index contributed by atoms with van der Waals surface area (Å²) in [5.41, 5.74) is 1.24. The van der Waals surface area contributed by atoms with Crippen molar-refractivity contribution in [1.29, 1.82) is 0 Å². The zero-order valence-corrected chi connectivity index (χ0v) is 12.0. The summed E-state index contributed by atoms with van der Waals surface area (Å²) in [4.78, 5) is 15.1. The van der Waals surface area contributed by atoms with Crippen LogP contribution in [0.25, 0.3) is 0 Å². The monoisotopic (exact) mass is 268 g/mol. The van der Waals surface area contributed by atoms with Crippen LogP contribution in [-0.4, -0.2) is 26.4 Å². The van der Waals surface area contributed by atoms with E-state index in [2.05, 4.69) is 30.3 Å². The van der Waals surface area contributed by atoms with Gasteiger partial charge < -0.3 is 9.67 Å². The fraction of sp³-hybridized carbons (Fsp3) is 0.692. The minimum absolute atomic E-state index is 0.0456. The molecule has 1 aromatic heterocycles. The summed E-state index contributed by atoms with van der Waals surface area (Å²) in [5, 5.41) is 9.61. The lowest BCUT2D eigenvalue weighted by molar-refractivity contribution is -0.133. The molecule has 0 unspecified atom stereocenters. The molecule has 1 fully saturated rings. The average molecular weight is 268 g/mol. The van der Waals surface area contributed by atoms with Crippen LogP contribution < -0.4 is 0 Å². The molecule has 0 atom stereocenters. The number of aliphatic carboxylic acids is 1. The zero-order valence-electron chi connectivity index (χ0n) is 11.1. The number of rotatable bonds is 5. The van der Waals surface area contributed by atoms with Crippen LogP contribution >= 0.6 is 11.8 Å². The molecule has 2 rings (SSSR count). The van der Waals surface area contributed by atoms with E-state index in [0.29, 0.717) is 0 Å². The first-order chi connectivity index (χ1) is 8.38. The second kappa shape index (κ2) is 4.96. The smallest absolute Gasteiger partial charge is 0.313 e. The van der Waals surface area contributed by atoms with Gasteiger partial charge in [-0.05, 0) is 18.8 Å². The third-order valence-electron chi connectivity index (χ3n) is 3.05. The topological polar surface area (TPSA) is 55.1 Å². The van der Waals surface area contributed by atoms with Gasteiger partial charge in [0.1, 0.15) is 0 Å². The Bertz CT molecular complexity index is 444. The van der Waals surface area contributed by atoms with Crippen molar-refractivity contribution in [3.8, 4) is 0 Å². The lowest BCUT2D eigenvalue weighted by Gasteiger charge is -2.21. The van der Waals surface area contributed by atoms with Crippen molar-refractivity contribution in [2.45, 2.75) is 50.7 Å². The summed E-state index contributed by atoms with van der Waals surface area (Å²) in [7, 11) is 0. The number of imidazole rings is 1. The number of thioether (sulfide) groups is 1. The van der Waals surface area contributed by atoms with Gasteiger partial charge in [0.05, 0.1) is 5.75 Å². The minimum Gasteiger partial charge on any atom is -0.481 e. The molecule has 1 saturated carbocycles. The van der Waals surface area contributed by atoms with Crippen LogP contribution in [0.4, 0.5) is 0 Å². The van der Waals surface area contributed by atoms with Gasteiger partial charge in [-0.3, -0.25) is 4.79 Å². The predicted octanol–water partition coefficient (Wildman–Crippen LogP) is 2.77. The zero-order chi connectivity index (χ0) is 13.3. The quantitative estimate of drug-likeness (QED) is 0.834. The Morgan fingerprint density at radius 2 is 2.22 bits per heavy atom. The van der Waals surface area contributed by atoms with Crippen molar-refractivity contribution in [2.24, 2.45) is 5.92 Å². The fourth-order valence-electron chi connectivity index (χ4n) is 1.93. The summed E-state index contributed by atoms with van der Waals surface area (Å²) in [6.45, 7) is 7.48. The molecular weight excluding hydrogens is 248 g/mol. The Morgan fingerprint density at radius 1 is 1.56 bits per heavy atom. The van der Waals surface area contributed by atoms with Gasteiger partial charge in [0.25, 0.3) is 0 Å². The van der Waals surface area contributed by atoms with Crippen LogP contribution in [0.1, 0.15) is 39.3 Å². The molecule has 0 aromatic carbocycles. The summed E-state index contributed by atoms with van der Waals surface area (Å²) in [5.74, 6) is 0.0356. The van der Waals surface area contributed by atoms with Crippen LogP contribution in [0, 0.1) is 5.92 Å². The molecule has 0 bridgehead atoms. The van der Waals surface area contributed by atoms with E-state index in [9.17, 15) is 4.79 Å². The highest BCUT2D eigenvalue weighted by molar-refractivity contribution is 7.99. The van der Waals surface area contributed by atoms with Gasteiger partial charge in [-0.15, -0.1) is 0 Å². The molecule has 4 nitrogen and oxygen atoms in total. The van der Waals surface area contributed by atoms with Crippen molar-refractivity contribution in [3.63, 3.8) is 0 Å². The highest BCUT2D eigenvalue weighted by Crippen LogP contribution is 2.35. The van der Waals surface area contributed by atoms with Crippen LogP contribution in [0.15, 0.2) is 11.4 Å². The van der Waals surface area contributed by atoms with E-state index in [1.165, 1.54) is 30.3 Å². The Kier molecular flexibility index (Phi) is 3.71. The fourth-order valence-corrected chi connectivity index (χ4v) is 2.64. The van der Waals surface area contributed by atoms with E-state index < -0.39 is 5.97 Å². The normalized spacial score (nSPS) is 15.9. The highest BCUT2D eigenvalue weighted by atomic mass is 32.2. The highest BCUT2D eigenvalue weighted by Gasteiger charge is 2.28. The van der Waals surface area contributed by atoms with Gasteiger partial charge in [-0.1, -0.05) is 32.5 Å². The van der Waals surface area contributed by atoms with Crippen LogP contribution in [0.5, 0.6) is 0 Å². The molecule has 5 heteroatoms. The first-order valence-corrected chi connectivity index (χ1v) is 7.27. The third kappa shape index (κ3) is 3.28. The molecule has 0 aliphatic heterocycles. The molecule has 0 spiro atoms. The maximum Gasteiger partial charge on any atom is 0.313 e. The van der Waals surface area contributed by atoms with Crippen molar-refractivity contribution in [1.82, 2.24) is 9.55 Å². The first kappa shape index (κ1) is 13.5. The number of carboxylic acids is 1. The molecule has 0 amide bonds. The maximum atomic E-state index is 10.7. The number of hydrogen-bond donors (Lipinski definition) is 1. The number of hydrogen-bond acceptors (Lipinski definition) is 3. The first-order valence-electron chi connectivity index (χ1n) is 6.28. The van der Waals surface area contributed by atoms with Gasteiger partial charge in [0, 0.05) is 23.9 Å². The summed E-state index contributed by atoms with van der Waals surface area (Å²) < 4.78 is 2.21. The number of carboxylic acid groups (broad SMARTS) is 1. The molecule has 1 aromatic rings. The summed E-state index contributed by atoms with van der Waals surface area (Å²) in [6, 6.07) is 0. The Labute approximate surface area is 112 Å². The molecule has 100 valence electrons. The Balaban J connectivity index is 2.22. The second-order valence-corrected chi connectivity index (χ2v) is 6.85. The SMILES string of the molecule is CC(C)(C)c1cnc(SCC(=O)O)n1CC1CC1. The molecule has 1 aliphatic rings. The number of nitrogens with zero attached hydrogens (tertiary/aromatic N) is 2. The molecule has 0 radical (unpaired) electrons. The lowest BCUT2D eigenvalue weighted by Crippen LogP contribution is -2.19. The van der Waals surface area contributed by atoms with Gasteiger partial charge in [-0.25, -0.2) is 4.98 Å². The van der Waals surface area contributed by atoms with Gasteiger partial charge in [-0.2, -0.15) is 0 Å². The van der Waals surface area contributed by atoms with Crippen LogP contribution in [-0.2, 0) is 16.8 Å². The van der Waals surface area contributed by atoms with E-state index in [1.807, 2.05) is 6.20 Å². The van der Waals surface area contributed by atoms with Gasteiger partial charge in [0.2, 0.25) is 0 Å². The maximum absolute atomic E-state index is 10.7. The predicted molar refractivity (Wildman–Crippen MR) is 72.0 cm³/mol. The summed E-state index contributed by atoms with van der Waals surface area (Å²) >= 11 is 1.31. The average Bonchev–Trinajstić information content (AvgIpc) is 2.93. The minimum atomic E-state index is -0.793. The van der Waals surface area contributed by atoms with Crippen LogP contribution in [0.2, 0.25) is 0 Å². The number of aromatic nitrogens is 2. The Morgan fingerprint density at radius 3 is 2.72 bits per heavy atom.